The Labute approximate surface area is 67.5 Å². The lowest BCUT2D eigenvalue weighted by Crippen LogP contribution is -2.07. The summed E-state index contributed by atoms with van der Waals surface area (Å²) in [6.07, 6.45) is 8.96. The molecule has 0 saturated heterocycles. The molecule has 1 saturated carbocycles. The van der Waals surface area contributed by atoms with Gasteiger partial charge in [0.1, 0.15) is 0 Å². The van der Waals surface area contributed by atoms with Crippen LogP contribution in [-0.2, 0) is 4.79 Å². The summed E-state index contributed by atoms with van der Waals surface area (Å²) >= 11 is 0. The summed E-state index contributed by atoms with van der Waals surface area (Å²) in [4.78, 5) is 11.3. The van der Waals surface area contributed by atoms with Gasteiger partial charge in [0.2, 0.25) is 0 Å². The van der Waals surface area contributed by atoms with Gasteiger partial charge in [0.05, 0.1) is 0 Å². The molecule has 0 N–H and O–H groups in total. The topological polar surface area (TPSA) is 17.1 Å². The largest absolute Gasteiger partial charge is 0.295 e. The quantitative estimate of drug-likeness (QED) is 0.591. The van der Waals surface area contributed by atoms with Gasteiger partial charge in [-0.2, -0.15) is 0 Å². The van der Waals surface area contributed by atoms with Crippen LogP contribution in [0.1, 0.15) is 38.5 Å². The summed E-state index contributed by atoms with van der Waals surface area (Å²) in [5, 5.41) is 0. The van der Waals surface area contributed by atoms with Gasteiger partial charge < -0.3 is 0 Å². The van der Waals surface area contributed by atoms with Gasteiger partial charge in [0.15, 0.2) is 5.78 Å². The molecule has 0 aliphatic heterocycles. The van der Waals surface area contributed by atoms with Crippen LogP contribution in [0.4, 0.5) is 0 Å². The summed E-state index contributed by atoms with van der Waals surface area (Å²) in [7, 11) is 0. The SMILES string of the molecule is O=C1CCCC=C1CC1CC1. The molecule has 0 aromatic heterocycles. The maximum atomic E-state index is 11.3. The Morgan fingerprint density at radius 1 is 1.45 bits per heavy atom. The molecule has 0 atom stereocenters. The molecule has 0 bridgehead atoms. The van der Waals surface area contributed by atoms with E-state index in [1.54, 1.807) is 0 Å². The molecule has 0 aromatic carbocycles. The third-order valence-corrected chi connectivity index (χ3v) is 2.56. The van der Waals surface area contributed by atoms with Crippen molar-refractivity contribution < 1.29 is 4.79 Å². The fourth-order valence-corrected chi connectivity index (χ4v) is 1.64. The molecule has 0 amide bonds. The number of ketones is 1. The lowest BCUT2D eigenvalue weighted by atomic mass is 9.94. The number of allylic oxidation sites excluding steroid dienone is 2. The highest BCUT2D eigenvalue weighted by atomic mass is 16.1. The van der Waals surface area contributed by atoms with Crippen LogP contribution >= 0.6 is 0 Å². The number of rotatable bonds is 2. The van der Waals surface area contributed by atoms with Gasteiger partial charge in [0, 0.05) is 6.42 Å². The van der Waals surface area contributed by atoms with Crippen LogP contribution < -0.4 is 0 Å². The Kier molecular flexibility index (Phi) is 1.80. The number of hydrogen-bond donors (Lipinski definition) is 0. The highest BCUT2D eigenvalue weighted by molar-refractivity contribution is 5.96. The Bertz CT molecular complexity index is 199. The first-order chi connectivity index (χ1) is 5.36. The van der Waals surface area contributed by atoms with Crippen molar-refractivity contribution in [2.24, 2.45) is 5.92 Å². The summed E-state index contributed by atoms with van der Waals surface area (Å²) in [6.45, 7) is 0. The summed E-state index contributed by atoms with van der Waals surface area (Å²) < 4.78 is 0. The fraction of sp³-hybridized carbons (Fsp3) is 0.700. The van der Waals surface area contributed by atoms with Crippen LogP contribution in [0.25, 0.3) is 0 Å². The molecule has 0 aromatic rings. The second-order valence-electron chi connectivity index (χ2n) is 3.69. The molecule has 11 heavy (non-hydrogen) atoms. The highest BCUT2D eigenvalue weighted by Crippen LogP contribution is 2.36. The molecule has 2 aliphatic rings. The second kappa shape index (κ2) is 2.80. The Morgan fingerprint density at radius 3 is 2.91 bits per heavy atom. The first-order valence-corrected chi connectivity index (χ1v) is 4.58. The van der Waals surface area contributed by atoms with E-state index in [2.05, 4.69) is 6.08 Å². The van der Waals surface area contributed by atoms with Crippen molar-refractivity contribution in [3.63, 3.8) is 0 Å². The number of Topliss-reactive ketones (excluding diaryl/α,β-unsaturated/α-hetero) is 1. The zero-order chi connectivity index (χ0) is 7.68. The minimum absolute atomic E-state index is 0.420. The van der Waals surface area contributed by atoms with Crippen molar-refractivity contribution in [3.05, 3.63) is 11.6 Å². The van der Waals surface area contributed by atoms with Gasteiger partial charge in [-0.1, -0.05) is 6.08 Å². The van der Waals surface area contributed by atoms with E-state index < -0.39 is 0 Å². The first kappa shape index (κ1) is 7.08. The molecule has 2 aliphatic carbocycles. The van der Waals surface area contributed by atoms with Gasteiger partial charge in [-0.05, 0) is 43.6 Å². The van der Waals surface area contributed by atoms with E-state index in [1.807, 2.05) is 0 Å². The summed E-state index contributed by atoms with van der Waals surface area (Å²) in [5.41, 5.74) is 1.14. The van der Waals surface area contributed by atoms with E-state index in [9.17, 15) is 4.79 Å². The predicted molar refractivity (Wildman–Crippen MR) is 44.3 cm³/mol. The van der Waals surface area contributed by atoms with Gasteiger partial charge >= 0.3 is 0 Å². The molecule has 2 rings (SSSR count). The lowest BCUT2D eigenvalue weighted by molar-refractivity contribution is -0.116. The van der Waals surface area contributed by atoms with E-state index in [1.165, 1.54) is 12.8 Å². The Hall–Kier alpha value is -0.590. The molecule has 1 heteroatoms. The van der Waals surface area contributed by atoms with Crippen LogP contribution in [0.2, 0.25) is 0 Å². The second-order valence-corrected chi connectivity index (χ2v) is 3.69. The molecular weight excluding hydrogens is 136 g/mol. The number of carbonyl (C=O) groups is 1. The van der Waals surface area contributed by atoms with Crippen LogP contribution in [0, 0.1) is 5.92 Å². The Balaban J connectivity index is 1.97. The third kappa shape index (κ3) is 1.70. The zero-order valence-corrected chi connectivity index (χ0v) is 6.81. The molecule has 60 valence electrons. The summed E-state index contributed by atoms with van der Waals surface area (Å²) in [5.74, 6) is 1.28. The van der Waals surface area contributed by atoms with Gasteiger partial charge in [-0.3, -0.25) is 4.79 Å². The average molecular weight is 150 g/mol. The van der Waals surface area contributed by atoms with E-state index in [0.29, 0.717) is 5.78 Å². The maximum Gasteiger partial charge on any atom is 0.158 e. The smallest absolute Gasteiger partial charge is 0.158 e. The molecule has 1 nitrogen and oxygen atoms in total. The van der Waals surface area contributed by atoms with Gasteiger partial charge in [-0.25, -0.2) is 0 Å². The minimum atomic E-state index is 0.420. The van der Waals surface area contributed by atoms with E-state index in [4.69, 9.17) is 0 Å². The van der Waals surface area contributed by atoms with Crippen molar-refractivity contribution in [1.29, 1.82) is 0 Å². The highest BCUT2D eigenvalue weighted by Gasteiger charge is 2.25. The number of carbonyl (C=O) groups excluding carboxylic acids is 1. The molecule has 0 heterocycles. The van der Waals surface area contributed by atoms with Gasteiger partial charge in [0.25, 0.3) is 0 Å². The fourth-order valence-electron chi connectivity index (χ4n) is 1.64. The lowest BCUT2D eigenvalue weighted by Gasteiger charge is -2.10. The van der Waals surface area contributed by atoms with Crippen molar-refractivity contribution in [3.8, 4) is 0 Å². The van der Waals surface area contributed by atoms with Crippen LogP contribution in [0.3, 0.4) is 0 Å². The molecule has 0 radical (unpaired) electrons. The average Bonchev–Trinajstić information content (AvgIpc) is 2.78. The summed E-state index contributed by atoms with van der Waals surface area (Å²) in [6, 6.07) is 0. The molecule has 1 fully saturated rings. The van der Waals surface area contributed by atoms with Crippen molar-refractivity contribution in [2.75, 3.05) is 0 Å². The van der Waals surface area contributed by atoms with Crippen molar-refractivity contribution in [2.45, 2.75) is 38.5 Å². The number of hydrogen-bond acceptors (Lipinski definition) is 1. The normalized spacial score (nSPS) is 25.1. The van der Waals surface area contributed by atoms with E-state index in [-0.39, 0.29) is 0 Å². The standard InChI is InChI=1S/C10H14O/c11-10-4-2-1-3-9(10)7-8-5-6-8/h3,8H,1-2,4-7H2. The van der Waals surface area contributed by atoms with Crippen LogP contribution in [0.15, 0.2) is 11.6 Å². The van der Waals surface area contributed by atoms with Crippen molar-refractivity contribution >= 4 is 5.78 Å². The van der Waals surface area contributed by atoms with Crippen molar-refractivity contribution in [1.82, 2.24) is 0 Å². The Morgan fingerprint density at radius 2 is 2.27 bits per heavy atom. The van der Waals surface area contributed by atoms with Crippen LogP contribution in [0.5, 0.6) is 0 Å². The first-order valence-electron chi connectivity index (χ1n) is 4.58. The molecule has 0 spiro atoms. The third-order valence-electron chi connectivity index (χ3n) is 2.56. The molecular formula is C10H14O. The van der Waals surface area contributed by atoms with Crippen LogP contribution in [-0.4, -0.2) is 5.78 Å². The zero-order valence-electron chi connectivity index (χ0n) is 6.81. The van der Waals surface area contributed by atoms with E-state index >= 15 is 0 Å². The van der Waals surface area contributed by atoms with Gasteiger partial charge in [-0.15, -0.1) is 0 Å². The molecule has 0 unspecified atom stereocenters. The predicted octanol–water partition coefficient (Wildman–Crippen LogP) is 2.47. The maximum absolute atomic E-state index is 11.3. The van der Waals surface area contributed by atoms with E-state index in [0.717, 1.165) is 37.2 Å². The minimum Gasteiger partial charge on any atom is -0.295 e. The monoisotopic (exact) mass is 150 g/mol.